The van der Waals surface area contributed by atoms with Crippen molar-refractivity contribution in [3.8, 4) is 0 Å². The molecule has 0 spiro atoms. The van der Waals surface area contributed by atoms with E-state index < -0.39 is 17.8 Å². The molecule has 1 unspecified atom stereocenters. The normalized spacial score (nSPS) is 13.5. The summed E-state index contributed by atoms with van der Waals surface area (Å²) in [4.78, 5) is 1.90. The largest absolute Gasteiger partial charge is 0.416 e. The van der Waals surface area contributed by atoms with Crippen molar-refractivity contribution in [1.29, 1.82) is 0 Å². The fourth-order valence-electron chi connectivity index (χ4n) is 2.13. The number of nitrogens with one attached hydrogen (secondary N) is 1. The van der Waals surface area contributed by atoms with E-state index in [1.807, 2.05) is 13.0 Å². The highest BCUT2D eigenvalue weighted by atomic mass is 79.9. The molecule has 0 aliphatic heterocycles. The van der Waals surface area contributed by atoms with Crippen LogP contribution in [0.25, 0.3) is 0 Å². The van der Waals surface area contributed by atoms with Crippen LogP contribution in [0.4, 0.5) is 13.2 Å². The maximum Gasteiger partial charge on any atom is 0.416 e. The number of aryl methyl sites for hydroxylation is 1. The second kappa shape index (κ2) is 5.87. The van der Waals surface area contributed by atoms with Gasteiger partial charge in [-0.3, -0.25) is 0 Å². The number of halogens is 4. The Morgan fingerprint density at radius 2 is 1.90 bits per heavy atom. The van der Waals surface area contributed by atoms with Crippen molar-refractivity contribution in [2.75, 3.05) is 7.05 Å². The standard InChI is InChI=1S/C14H13BrF3NS/c1-8-7-11(15)13(20-8)12(19-2)9-5-3-4-6-10(9)14(16,17)18/h3-7,12,19H,1-2H3. The average molecular weight is 364 g/mol. The molecule has 1 heterocycles. The lowest BCUT2D eigenvalue weighted by Gasteiger charge is -2.21. The fraction of sp³-hybridized carbons (Fsp3) is 0.286. The minimum absolute atomic E-state index is 0.241. The van der Waals surface area contributed by atoms with Gasteiger partial charge in [0.2, 0.25) is 0 Å². The summed E-state index contributed by atoms with van der Waals surface area (Å²) in [5.74, 6) is 0. The van der Waals surface area contributed by atoms with Gasteiger partial charge in [-0.15, -0.1) is 11.3 Å². The lowest BCUT2D eigenvalue weighted by atomic mass is 9.99. The number of rotatable bonds is 3. The molecule has 6 heteroatoms. The van der Waals surface area contributed by atoms with Crippen molar-refractivity contribution in [2.45, 2.75) is 19.1 Å². The van der Waals surface area contributed by atoms with Gasteiger partial charge in [-0.25, -0.2) is 0 Å². The average Bonchev–Trinajstić information content (AvgIpc) is 2.69. The van der Waals surface area contributed by atoms with Crippen LogP contribution < -0.4 is 5.32 Å². The van der Waals surface area contributed by atoms with E-state index in [1.54, 1.807) is 13.1 Å². The van der Waals surface area contributed by atoms with Gasteiger partial charge in [0.1, 0.15) is 0 Å². The highest BCUT2D eigenvalue weighted by Crippen LogP contribution is 2.40. The van der Waals surface area contributed by atoms with Gasteiger partial charge in [0, 0.05) is 14.2 Å². The molecule has 0 bridgehead atoms. The second-order valence-electron chi connectivity index (χ2n) is 4.38. The van der Waals surface area contributed by atoms with E-state index in [0.717, 1.165) is 20.3 Å². The Hall–Kier alpha value is -0.850. The third kappa shape index (κ3) is 3.07. The van der Waals surface area contributed by atoms with Gasteiger partial charge in [0.25, 0.3) is 0 Å². The zero-order valence-electron chi connectivity index (χ0n) is 10.9. The van der Waals surface area contributed by atoms with Crippen LogP contribution in [-0.4, -0.2) is 7.05 Å². The molecular weight excluding hydrogens is 351 g/mol. The molecule has 0 aliphatic carbocycles. The lowest BCUT2D eigenvalue weighted by molar-refractivity contribution is -0.138. The molecule has 108 valence electrons. The summed E-state index contributed by atoms with van der Waals surface area (Å²) >= 11 is 4.90. The van der Waals surface area contributed by atoms with Gasteiger partial charge >= 0.3 is 6.18 Å². The molecule has 1 aromatic heterocycles. The van der Waals surface area contributed by atoms with Gasteiger partial charge in [0.05, 0.1) is 11.6 Å². The topological polar surface area (TPSA) is 12.0 Å². The lowest BCUT2D eigenvalue weighted by Crippen LogP contribution is -2.21. The van der Waals surface area contributed by atoms with Crippen LogP contribution in [0.1, 0.15) is 26.9 Å². The van der Waals surface area contributed by atoms with Crippen LogP contribution in [0.2, 0.25) is 0 Å². The molecule has 1 nitrogen and oxygen atoms in total. The highest BCUT2D eigenvalue weighted by molar-refractivity contribution is 9.10. The van der Waals surface area contributed by atoms with Crippen LogP contribution in [0, 0.1) is 6.92 Å². The number of alkyl halides is 3. The van der Waals surface area contributed by atoms with Crippen molar-refractivity contribution >= 4 is 27.3 Å². The molecule has 1 atom stereocenters. The Balaban J connectivity index is 2.56. The summed E-state index contributed by atoms with van der Waals surface area (Å²) < 4.78 is 40.2. The number of hydrogen-bond donors (Lipinski definition) is 1. The van der Waals surface area contributed by atoms with Crippen molar-refractivity contribution in [3.63, 3.8) is 0 Å². The predicted molar refractivity (Wildman–Crippen MR) is 79.1 cm³/mol. The Labute approximate surface area is 128 Å². The van der Waals surface area contributed by atoms with E-state index in [-0.39, 0.29) is 5.56 Å². The van der Waals surface area contributed by atoms with Crippen LogP contribution in [-0.2, 0) is 6.18 Å². The Bertz CT molecular complexity index is 607. The fourth-order valence-corrected chi connectivity index (χ4v) is 4.14. The quantitative estimate of drug-likeness (QED) is 0.795. The zero-order chi connectivity index (χ0) is 14.9. The number of benzene rings is 1. The second-order valence-corrected chi connectivity index (χ2v) is 6.52. The monoisotopic (exact) mass is 363 g/mol. The van der Waals surface area contributed by atoms with E-state index in [9.17, 15) is 13.2 Å². The summed E-state index contributed by atoms with van der Waals surface area (Å²) in [5.41, 5.74) is -0.359. The highest BCUT2D eigenvalue weighted by Gasteiger charge is 2.35. The molecule has 0 fully saturated rings. The third-order valence-corrected chi connectivity index (χ3v) is 5.00. The minimum atomic E-state index is -4.36. The van der Waals surface area contributed by atoms with Crippen LogP contribution in [0.15, 0.2) is 34.8 Å². The minimum Gasteiger partial charge on any atom is -0.309 e. The van der Waals surface area contributed by atoms with Gasteiger partial charge in [-0.05, 0) is 47.6 Å². The number of hydrogen-bond acceptors (Lipinski definition) is 2. The summed E-state index contributed by atoms with van der Waals surface area (Å²) in [6, 6.07) is 7.11. The summed E-state index contributed by atoms with van der Waals surface area (Å²) in [7, 11) is 1.67. The first-order valence-electron chi connectivity index (χ1n) is 5.93. The molecule has 0 saturated carbocycles. The molecule has 0 amide bonds. The van der Waals surface area contributed by atoms with Crippen molar-refractivity contribution in [3.05, 3.63) is 55.7 Å². The van der Waals surface area contributed by atoms with Gasteiger partial charge in [-0.2, -0.15) is 13.2 Å². The van der Waals surface area contributed by atoms with Crippen molar-refractivity contribution in [1.82, 2.24) is 5.32 Å². The molecule has 0 saturated heterocycles. The maximum atomic E-state index is 13.1. The Morgan fingerprint density at radius 3 is 2.40 bits per heavy atom. The van der Waals surface area contributed by atoms with Gasteiger partial charge in [0.15, 0.2) is 0 Å². The predicted octanol–water partition coefficient (Wildman–Crippen LogP) is 5.15. The molecule has 1 N–H and O–H groups in total. The van der Waals surface area contributed by atoms with E-state index in [2.05, 4.69) is 21.2 Å². The zero-order valence-corrected chi connectivity index (χ0v) is 13.3. The first-order valence-corrected chi connectivity index (χ1v) is 7.54. The Kier molecular flexibility index (Phi) is 4.56. The van der Waals surface area contributed by atoms with Gasteiger partial charge in [-0.1, -0.05) is 18.2 Å². The van der Waals surface area contributed by atoms with Crippen LogP contribution in [0.3, 0.4) is 0 Å². The molecule has 0 radical (unpaired) electrons. The van der Waals surface area contributed by atoms with Gasteiger partial charge < -0.3 is 5.32 Å². The summed E-state index contributed by atoms with van der Waals surface area (Å²) in [6.07, 6.45) is -4.36. The maximum absolute atomic E-state index is 13.1. The van der Waals surface area contributed by atoms with E-state index in [4.69, 9.17) is 0 Å². The van der Waals surface area contributed by atoms with E-state index in [1.165, 1.54) is 23.5 Å². The van der Waals surface area contributed by atoms with Crippen LogP contribution >= 0.6 is 27.3 Å². The van der Waals surface area contributed by atoms with Crippen LogP contribution in [0.5, 0.6) is 0 Å². The molecule has 0 aliphatic rings. The first kappa shape index (κ1) is 15.5. The molecule has 2 rings (SSSR count). The number of thiophene rings is 1. The first-order chi connectivity index (χ1) is 9.34. The SMILES string of the molecule is CNC(c1ccccc1C(F)(F)F)c1sc(C)cc1Br. The van der Waals surface area contributed by atoms with E-state index in [0.29, 0.717) is 0 Å². The molecular formula is C14H13BrF3NS. The molecule has 1 aromatic carbocycles. The molecule has 2 aromatic rings. The third-order valence-electron chi connectivity index (χ3n) is 2.96. The van der Waals surface area contributed by atoms with E-state index >= 15 is 0 Å². The summed E-state index contributed by atoms with van der Waals surface area (Å²) in [6.45, 7) is 1.93. The Morgan fingerprint density at radius 1 is 1.25 bits per heavy atom. The smallest absolute Gasteiger partial charge is 0.309 e. The van der Waals surface area contributed by atoms with Crippen molar-refractivity contribution < 1.29 is 13.2 Å². The summed E-state index contributed by atoms with van der Waals surface area (Å²) in [5, 5.41) is 2.98. The molecule has 20 heavy (non-hydrogen) atoms. The van der Waals surface area contributed by atoms with Crippen molar-refractivity contribution in [2.24, 2.45) is 0 Å².